The van der Waals surface area contributed by atoms with Crippen molar-refractivity contribution in [2.24, 2.45) is 0 Å². The van der Waals surface area contributed by atoms with Crippen LogP contribution in [0.3, 0.4) is 0 Å². The zero-order chi connectivity index (χ0) is 25.7. The minimum atomic E-state index is -0.872. The van der Waals surface area contributed by atoms with Gasteiger partial charge in [-0.3, -0.25) is 49.2 Å². The van der Waals surface area contributed by atoms with Crippen molar-refractivity contribution >= 4 is 51.5 Å². The molecule has 35 heavy (non-hydrogen) atoms. The molecule has 4 aliphatic rings. The van der Waals surface area contributed by atoms with Crippen molar-refractivity contribution in [1.29, 1.82) is 0 Å². The molecule has 0 aromatic carbocycles. The first-order valence-corrected chi connectivity index (χ1v) is 11.6. The van der Waals surface area contributed by atoms with Gasteiger partial charge in [-0.1, -0.05) is 28.1 Å². The highest BCUT2D eigenvalue weighted by Gasteiger charge is 2.38. The zero-order valence-electron chi connectivity index (χ0n) is 19.2. The lowest BCUT2D eigenvalue weighted by atomic mass is 9.94. The third-order valence-corrected chi connectivity index (χ3v) is 6.21. The van der Waals surface area contributed by atoms with Gasteiger partial charge in [-0.05, 0) is 17.2 Å². The van der Waals surface area contributed by atoms with Crippen molar-refractivity contribution in [1.82, 2.24) is 20.4 Å². The topological polar surface area (TPSA) is 151 Å². The molecule has 2 saturated heterocycles. The molecule has 2 aliphatic heterocycles. The summed E-state index contributed by atoms with van der Waals surface area (Å²) < 4.78 is 11.0. The number of hydrogen-bond acceptors (Lipinski definition) is 10. The molecule has 0 aromatic heterocycles. The van der Waals surface area contributed by atoms with Crippen LogP contribution in [-0.2, 0) is 38.2 Å². The van der Waals surface area contributed by atoms with Gasteiger partial charge in [-0.2, -0.15) is 0 Å². The molecule has 2 fully saturated rings. The number of amides is 4. The number of fused-ring (bicyclic) bond motifs is 1. The van der Waals surface area contributed by atoms with Crippen LogP contribution in [0, 0.1) is 0 Å². The van der Waals surface area contributed by atoms with Crippen molar-refractivity contribution in [2.75, 3.05) is 39.4 Å². The maximum atomic E-state index is 12.1. The van der Waals surface area contributed by atoms with Gasteiger partial charge in [0.25, 0.3) is 0 Å². The number of carbonyl (C=O) groups is 6. The van der Waals surface area contributed by atoms with E-state index in [0.29, 0.717) is 0 Å². The number of hydrogen-bond donors (Lipinski definition) is 2. The fourth-order valence-corrected chi connectivity index (χ4v) is 4.27. The SMILES string of the molecule is Brc1cc2ccc1-2.CC(=O)OCC1C(=O)NC(=O)CN1CCN1CC(=O)NC(=O)C1COC(C)=O. The van der Waals surface area contributed by atoms with Crippen LogP contribution >= 0.6 is 15.9 Å². The first-order chi connectivity index (χ1) is 16.5. The average molecular weight is 553 g/mol. The molecule has 2 atom stereocenters. The molecule has 0 saturated carbocycles. The summed E-state index contributed by atoms with van der Waals surface area (Å²) in [7, 11) is 0. The van der Waals surface area contributed by atoms with Gasteiger partial charge in [0.2, 0.25) is 23.6 Å². The van der Waals surface area contributed by atoms with Crippen molar-refractivity contribution < 1.29 is 38.2 Å². The Morgan fingerprint density at radius 3 is 1.60 bits per heavy atom. The molecule has 2 heterocycles. The molecule has 4 amide bonds. The lowest BCUT2D eigenvalue weighted by molar-refractivity contribution is -0.152. The highest BCUT2D eigenvalue weighted by molar-refractivity contribution is 9.10. The van der Waals surface area contributed by atoms with E-state index in [4.69, 9.17) is 9.47 Å². The number of halogens is 1. The van der Waals surface area contributed by atoms with Gasteiger partial charge in [-0.15, -0.1) is 0 Å². The molecule has 2 aliphatic carbocycles. The second-order valence-electron chi connectivity index (χ2n) is 8.10. The van der Waals surface area contributed by atoms with Gasteiger partial charge < -0.3 is 9.47 Å². The van der Waals surface area contributed by atoms with Gasteiger partial charge in [0.05, 0.1) is 13.1 Å². The first-order valence-electron chi connectivity index (χ1n) is 10.8. The molecule has 12 nitrogen and oxygen atoms in total. The Morgan fingerprint density at radius 1 is 0.886 bits per heavy atom. The molecule has 13 heteroatoms. The van der Waals surface area contributed by atoms with Crippen LogP contribution in [0.25, 0.3) is 11.1 Å². The molecule has 2 N–H and O–H groups in total. The summed E-state index contributed by atoms with van der Waals surface area (Å²) in [6, 6.07) is 4.60. The lowest BCUT2D eigenvalue weighted by Gasteiger charge is -2.37. The number of carbonyl (C=O) groups excluding carboxylic acids is 6. The Labute approximate surface area is 209 Å². The maximum Gasteiger partial charge on any atom is 0.302 e. The number of ether oxygens (including phenoxy) is 2. The Morgan fingerprint density at radius 2 is 1.34 bits per heavy atom. The number of rotatable bonds is 7. The number of nitrogens with one attached hydrogen (secondary N) is 2. The fourth-order valence-electron chi connectivity index (χ4n) is 3.67. The standard InChI is InChI=1S/C16H22N4O8.C6H3Br/c1-9(21)27-7-11-15(25)17-13(23)5-19(11)3-4-20-6-14(24)18-16(26)12(20)8-28-10(2)22;7-6-3-4-1-2-5(4)6/h11-12H,3-8H2,1-2H3,(H,17,23,25)(H,18,24,26);1-3H. The van der Waals surface area contributed by atoms with Crippen molar-refractivity contribution in [3.05, 3.63) is 22.7 Å². The van der Waals surface area contributed by atoms with Crippen LogP contribution in [0.5, 0.6) is 0 Å². The highest BCUT2D eigenvalue weighted by Crippen LogP contribution is 2.40. The molecule has 0 bridgehead atoms. The number of benzene rings is 1. The minimum Gasteiger partial charge on any atom is -0.464 e. The summed E-state index contributed by atoms with van der Waals surface area (Å²) >= 11 is 3.37. The smallest absolute Gasteiger partial charge is 0.302 e. The van der Waals surface area contributed by atoms with Crippen LogP contribution < -0.4 is 10.6 Å². The number of imide groups is 2. The summed E-state index contributed by atoms with van der Waals surface area (Å²) in [6.07, 6.45) is 0. The molecular formula is C22H25BrN4O8. The highest BCUT2D eigenvalue weighted by atomic mass is 79.9. The summed E-state index contributed by atoms with van der Waals surface area (Å²) in [5.74, 6) is -3.34. The van der Waals surface area contributed by atoms with Crippen LogP contribution in [0.2, 0.25) is 0 Å². The first kappa shape index (κ1) is 26.4. The van der Waals surface area contributed by atoms with E-state index in [-0.39, 0.29) is 39.4 Å². The third-order valence-electron chi connectivity index (χ3n) is 5.55. The molecular weight excluding hydrogens is 528 g/mol. The van der Waals surface area contributed by atoms with E-state index in [0.717, 1.165) is 0 Å². The Hall–Kier alpha value is -3.16. The number of esters is 2. The lowest BCUT2D eigenvalue weighted by Crippen LogP contribution is -2.63. The minimum absolute atomic E-state index is 0.111. The summed E-state index contributed by atoms with van der Waals surface area (Å²) in [4.78, 5) is 72.6. The summed E-state index contributed by atoms with van der Waals surface area (Å²) in [5, 5.41) is 4.35. The van der Waals surface area contributed by atoms with Gasteiger partial charge in [0, 0.05) is 31.4 Å². The predicted molar refractivity (Wildman–Crippen MR) is 123 cm³/mol. The van der Waals surface area contributed by atoms with E-state index in [1.807, 2.05) is 0 Å². The van der Waals surface area contributed by atoms with E-state index >= 15 is 0 Å². The van der Waals surface area contributed by atoms with E-state index in [9.17, 15) is 28.8 Å². The second kappa shape index (κ2) is 11.5. The largest absolute Gasteiger partial charge is 0.464 e. The van der Waals surface area contributed by atoms with E-state index < -0.39 is 47.7 Å². The molecule has 2 unspecified atom stereocenters. The summed E-state index contributed by atoms with van der Waals surface area (Å²) in [5.41, 5.74) is 2.78. The van der Waals surface area contributed by atoms with Crippen molar-refractivity contribution in [3.63, 3.8) is 0 Å². The molecule has 0 radical (unpaired) electrons. The van der Waals surface area contributed by atoms with Crippen LogP contribution in [0.4, 0.5) is 0 Å². The molecule has 0 spiro atoms. The van der Waals surface area contributed by atoms with Gasteiger partial charge in [0.15, 0.2) is 0 Å². The normalized spacial score (nSPS) is 21.3. The maximum absolute atomic E-state index is 12.1. The Bertz CT molecular complexity index is 1000. The quantitative estimate of drug-likeness (QED) is 0.329. The molecule has 4 rings (SSSR count). The number of piperazine rings is 2. The van der Waals surface area contributed by atoms with E-state index in [2.05, 4.69) is 44.8 Å². The Kier molecular flexibility index (Phi) is 8.70. The van der Waals surface area contributed by atoms with Gasteiger partial charge >= 0.3 is 11.9 Å². The third kappa shape index (κ3) is 6.93. The van der Waals surface area contributed by atoms with Crippen molar-refractivity contribution in [2.45, 2.75) is 25.9 Å². The van der Waals surface area contributed by atoms with Gasteiger partial charge in [0.1, 0.15) is 25.3 Å². The number of nitrogens with zero attached hydrogens (tertiary/aromatic N) is 2. The van der Waals surface area contributed by atoms with Gasteiger partial charge in [-0.25, -0.2) is 0 Å². The molecule has 188 valence electrons. The average Bonchev–Trinajstić information content (AvgIpc) is 2.74. The zero-order valence-corrected chi connectivity index (χ0v) is 20.8. The molecule has 0 aromatic rings. The van der Waals surface area contributed by atoms with Crippen LogP contribution in [0.15, 0.2) is 22.7 Å². The summed E-state index contributed by atoms with van der Waals surface area (Å²) in [6.45, 7) is 2.00. The fraction of sp³-hybridized carbons (Fsp3) is 0.455. The van der Waals surface area contributed by atoms with E-state index in [1.165, 1.54) is 39.2 Å². The predicted octanol–water partition coefficient (Wildman–Crippen LogP) is -0.804. The second-order valence-corrected chi connectivity index (χ2v) is 8.95. The van der Waals surface area contributed by atoms with E-state index in [1.54, 1.807) is 0 Å². The van der Waals surface area contributed by atoms with Crippen molar-refractivity contribution in [3.8, 4) is 11.1 Å². The van der Waals surface area contributed by atoms with Crippen LogP contribution in [0.1, 0.15) is 13.8 Å². The monoisotopic (exact) mass is 552 g/mol. The van der Waals surface area contributed by atoms with Crippen LogP contribution in [-0.4, -0.2) is 96.8 Å². The Balaban J connectivity index is 0.000000410.